The predicted octanol–water partition coefficient (Wildman–Crippen LogP) is 4.91. The Morgan fingerprint density at radius 1 is 1.07 bits per heavy atom. The Labute approximate surface area is 181 Å². The van der Waals surface area contributed by atoms with Crippen molar-refractivity contribution in [3.8, 4) is 0 Å². The molecule has 1 saturated heterocycles. The fourth-order valence-electron chi connectivity index (χ4n) is 3.45. The van der Waals surface area contributed by atoms with E-state index < -0.39 is 5.60 Å². The molecule has 0 atom stereocenters. The highest BCUT2D eigenvalue weighted by molar-refractivity contribution is 5.90. The van der Waals surface area contributed by atoms with Crippen LogP contribution in [0.5, 0.6) is 0 Å². The number of hydrogen-bond acceptors (Lipinski definition) is 4. The van der Waals surface area contributed by atoms with Gasteiger partial charge in [0.15, 0.2) is 0 Å². The number of ether oxygens (including phenoxy) is 1. The lowest BCUT2D eigenvalue weighted by molar-refractivity contribution is -0.117. The van der Waals surface area contributed by atoms with Crippen LogP contribution in [-0.2, 0) is 20.5 Å². The van der Waals surface area contributed by atoms with Crippen LogP contribution in [0.15, 0.2) is 6.07 Å². The van der Waals surface area contributed by atoms with Gasteiger partial charge in [-0.2, -0.15) is 5.10 Å². The molecule has 0 saturated carbocycles. The summed E-state index contributed by atoms with van der Waals surface area (Å²) in [7, 11) is 0. The topological polar surface area (TPSA) is 76.5 Å². The summed E-state index contributed by atoms with van der Waals surface area (Å²) in [6.07, 6.45) is 1.79. The van der Waals surface area contributed by atoms with Crippen molar-refractivity contribution in [1.29, 1.82) is 0 Å². The third-order valence-corrected chi connectivity index (χ3v) is 5.12. The molecule has 2 heterocycles. The van der Waals surface area contributed by atoms with Gasteiger partial charge < -0.3 is 15.0 Å². The van der Waals surface area contributed by atoms with E-state index in [1.165, 1.54) is 0 Å². The van der Waals surface area contributed by atoms with Crippen LogP contribution in [0.1, 0.15) is 87.3 Å². The van der Waals surface area contributed by atoms with Crippen molar-refractivity contribution in [3.63, 3.8) is 0 Å². The second-order valence-corrected chi connectivity index (χ2v) is 11.4. The number of likely N-dealkylation sites (tertiary alicyclic amines) is 1. The highest BCUT2D eigenvalue weighted by Crippen LogP contribution is 2.29. The Hall–Kier alpha value is -2.05. The fraction of sp³-hybridized carbons (Fsp3) is 0.783. The highest BCUT2D eigenvalue weighted by atomic mass is 16.6. The molecule has 30 heavy (non-hydrogen) atoms. The first-order valence-corrected chi connectivity index (χ1v) is 10.9. The van der Waals surface area contributed by atoms with Crippen LogP contribution >= 0.6 is 0 Å². The quantitative estimate of drug-likeness (QED) is 0.754. The van der Waals surface area contributed by atoms with Crippen LogP contribution in [0, 0.1) is 5.92 Å². The van der Waals surface area contributed by atoms with Crippen molar-refractivity contribution in [2.24, 2.45) is 5.92 Å². The van der Waals surface area contributed by atoms with Crippen LogP contribution in [0.4, 0.5) is 10.6 Å². The van der Waals surface area contributed by atoms with Crippen molar-refractivity contribution in [2.45, 2.75) is 98.1 Å². The second-order valence-electron chi connectivity index (χ2n) is 11.4. The Kier molecular flexibility index (Phi) is 6.94. The number of nitrogens with zero attached hydrogens (tertiary/aromatic N) is 3. The summed E-state index contributed by atoms with van der Waals surface area (Å²) in [4.78, 5) is 26.7. The average Bonchev–Trinajstić information content (AvgIpc) is 2.98. The molecule has 0 unspecified atom stereocenters. The first-order valence-electron chi connectivity index (χ1n) is 10.9. The number of nitrogens with one attached hydrogen (secondary N) is 1. The van der Waals surface area contributed by atoms with Crippen LogP contribution in [0.3, 0.4) is 0 Å². The molecule has 0 aromatic carbocycles. The predicted molar refractivity (Wildman–Crippen MR) is 120 cm³/mol. The first kappa shape index (κ1) is 24.2. The minimum absolute atomic E-state index is 0.00317. The van der Waals surface area contributed by atoms with Gasteiger partial charge in [-0.3, -0.25) is 4.79 Å². The van der Waals surface area contributed by atoms with E-state index in [9.17, 15) is 9.59 Å². The van der Waals surface area contributed by atoms with E-state index in [0.717, 1.165) is 24.4 Å². The lowest BCUT2D eigenvalue weighted by Gasteiger charge is -2.33. The summed E-state index contributed by atoms with van der Waals surface area (Å²) in [5, 5.41) is 7.83. The Morgan fingerprint density at radius 2 is 1.63 bits per heavy atom. The van der Waals surface area contributed by atoms with Gasteiger partial charge in [-0.25, -0.2) is 9.48 Å². The fourth-order valence-corrected chi connectivity index (χ4v) is 3.45. The Balaban J connectivity index is 1.96. The standard InChI is InChI=1S/C23H40N4O3/c1-21(2,3)17-15-18(27(25-17)22(4,5)6)24-19(28)14-16-10-12-26(13-11-16)20(29)30-23(7,8)9/h15-16H,10-14H2,1-9H3,(H,24,28). The zero-order valence-corrected chi connectivity index (χ0v) is 20.3. The average molecular weight is 421 g/mol. The Morgan fingerprint density at radius 3 is 2.10 bits per heavy atom. The van der Waals surface area contributed by atoms with E-state index in [1.54, 1.807) is 4.90 Å². The van der Waals surface area contributed by atoms with Gasteiger partial charge in [-0.15, -0.1) is 0 Å². The smallest absolute Gasteiger partial charge is 0.410 e. The maximum Gasteiger partial charge on any atom is 0.410 e. The summed E-state index contributed by atoms with van der Waals surface area (Å²) in [6, 6.07) is 1.98. The maximum absolute atomic E-state index is 12.8. The minimum atomic E-state index is -0.490. The van der Waals surface area contributed by atoms with Crippen molar-refractivity contribution < 1.29 is 14.3 Å². The molecular weight excluding hydrogens is 380 g/mol. The van der Waals surface area contributed by atoms with Gasteiger partial charge in [0.25, 0.3) is 0 Å². The van der Waals surface area contributed by atoms with Gasteiger partial charge in [-0.1, -0.05) is 20.8 Å². The molecular formula is C23H40N4O3. The molecule has 1 aliphatic rings. The van der Waals surface area contributed by atoms with Crippen molar-refractivity contribution in [1.82, 2.24) is 14.7 Å². The summed E-state index contributed by atoms with van der Waals surface area (Å²) in [6.45, 7) is 19.4. The number of aromatic nitrogens is 2. The van der Waals surface area contributed by atoms with Crippen molar-refractivity contribution in [3.05, 3.63) is 11.8 Å². The van der Waals surface area contributed by atoms with E-state index >= 15 is 0 Å². The van der Waals surface area contributed by atoms with Crippen LogP contribution < -0.4 is 5.32 Å². The van der Waals surface area contributed by atoms with Crippen molar-refractivity contribution >= 4 is 17.8 Å². The first-order chi connectivity index (χ1) is 13.6. The highest BCUT2D eigenvalue weighted by Gasteiger charge is 2.29. The van der Waals surface area contributed by atoms with Gasteiger partial charge in [0.1, 0.15) is 11.4 Å². The minimum Gasteiger partial charge on any atom is -0.444 e. The molecule has 0 spiro atoms. The number of carbonyl (C=O) groups is 2. The van der Waals surface area contributed by atoms with Crippen LogP contribution in [-0.4, -0.2) is 45.4 Å². The van der Waals surface area contributed by atoms with Gasteiger partial charge in [0.2, 0.25) is 5.91 Å². The van der Waals surface area contributed by atoms with E-state index in [-0.39, 0.29) is 28.9 Å². The van der Waals surface area contributed by atoms with Gasteiger partial charge in [0.05, 0.1) is 11.2 Å². The zero-order chi connectivity index (χ0) is 22.9. The van der Waals surface area contributed by atoms with E-state index in [2.05, 4.69) is 46.9 Å². The number of carbonyl (C=O) groups excluding carboxylic acids is 2. The summed E-state index contributed by atoms with van der Waals surface area (Å²) >= 11 is 0. The third-order valence-electron chi connectivity index (χ3n) is 5.12. The zero-order valence-electron chi connectivity index (χ0n) is 20.3. The number of rotatable bonds is 3. The molecule has 7 nitrogen and oxygen atoms in total. The third kappa shape index (κ3) is 6.74. The molecule has 170 valence electrons. The largest absolute Gasteiger partial charge is 0.444 e. The summed E-state index contributed by atoms with van der Waals surface area (Å²) < 4.78 is 7.34. The molecule has 2 amide bonds. The monoisotopic (exact) mass is 420 g/mol. The number of amides is 2. The molecule has 1 fully saturated rings. The SMILES string of the molecule is CC(C)(C)OC(=O)N1CCC(CC(=O)Nc2cc(C(C)(C)C)nn2C(C)(C)C)CC1. The molecule has 7 heteroatoms. The van der Waals surface area contributed by atoms with E-state index in [1.807, 2.05) is 31.5 Å². The molecule has 1 N–H and O–H groups in total. The van der Waals surface area contributed by atoms with Gasteiger partial charge in [-0.05, 0) is 60.3 Å². The van der Waals surface area contributed by atoms with Gasteiger partial charge >= 0.3 is 6.09 Å². The molecule has 1 aromatic rings. The maximum atomic E-state index is 12.8. The normalized spacial score (nSPS) is 16.5. The Bertz CT molecular complexity index is 755. The molecule has 1 aliphatic heterocycles. The van der Waals surface area contributed by atoms with Crippen LogP contribution in [0.25, 0.3) is 0 Å². The molecule has 1 aromatic heterocycles. The van der Waals surface area contributed by atoms with E-state index in [4.69, 9.17) is 9.84 Å². The molecule has 0 radical (unpaired) electrons. The molecule has 0 aliphatic carbocycles. The number of piperidine rings is 1. The number of hydrogen-bond donors (Lipinski definition) is 1. The van der Waals surface area contributed by atoms with Crippen molar-refractivity contribution in [2.75, 3.05) is 18.4 Å². The van der Waals surface area contributed by atoms with E-state index in [0.29, 0.717) is 19.5 Å². The number of anilines is 1. The lowest BCUT2D eigenvalue weighted by atomic mass is 9.92. The summed E-state index contributed by atoms with van der Waals surface area (Å²) in [5.74, 6) is 0.997. The second kappa shape index (κ2) is 8.60. The summed E-state index contributed by atoms with van der Waals surface area (Å²) in [5.41, 5.74) is 0.142. The van der Waals surface area contributed by atoms with Crippen LogP contribution in [0.2, 0.25) is 0 Å². The molecule has 0 bridgehead atoms. The molecule has 2 rings (SSSR count). The lowest BCUT2D eigenvalue weighted by Crippen LogP contribution is -2.42. The van der Waals surface area contributed by atoms with Gasteiger partial charge in [0, 0.05) is 31.0 Å².